The fraction of sp³-hybridized carbons (Fsp3) is 0.571. The van der Waals surface area contributed by atoms with Gasteiger partial charge in [-0.15, -0.1) is 0 Å². The Morgan fingerprint density at radius 1 is 1.40 bits per heavy atom. The summed E-state index contributed by atoms with van der Waals surface area (Å²) in [4.78, 5) is 17.4. The highest BCUT2D eigenvalue weighted by Gasteiger charge is 2.46. The van der Waals surface area contributed by atoms with Crippen LogP contribution in [0.25, 0.3) is 0 Å². The number of carboxylic acid groups (broad SMARTS) is 1. The van der Waals surface area contributed by atoms with Crippen molar-refractivity contribution in [3.63, 3.8) is 0 Å². The fourth-order valence-electron chi connectivity index (χ4n) is 3.44. The quantitative estimate of drug-likeness (QED) is 0.869. The van der Waals surface area contributed by atoms with Gasteiger partial charge in [0, 0.05) is 29.8 Å². The van der Waals surface area contributed by atoms with E-state index in [9.17, 15) is 4.79 Å². The molecule has 1 saturated carbocycles. The van der Waals surface area contributed by atoms with E-state index in [0.717, 1.165) is 49.1 Å². The van der Waals surface area contributed by atoms with Crippen molar-refractivity contribution in [2.75, 3.05) is 18.0 Å². The van der Waals surface area contributed by atoms with E-state index in [0.29, 0.717) is 5.41 Å². The topological polar surface area (TPSA) is 65.5 Å². The molecule has 2 heterocycles. The monoisotopic (exact) mass is 339 g/mol. The molecule has 0 aromatic carbocycles. The van der Waals surface area contributed by atoms with Crippen molar-refractivity contribution in [3.8, 4) is 0 Å². The van der Waals surface area contributed by atoms with Crippen LogP contribution in [0.2, 0.25) is 0 Å². The number of rotatable bonds is 2. The minimum Gasteiger partial charge on any atom is -0.465 e. The van der Waals surface area contributed by atoms with Crippen LogP contribution in [0.1, 0.15) is 25.7 Å². The summed E-state index contributed by atoms with van der Waals surface area (Å²) in [6, 6.07) is 4.21. The van der Waals surface area contributed by atoms with Gasteiger partial charge in [0.15, 0.2) is 0 Å². The normalized spacial score (nSPS) is 21.6. The molecular formula is C14H18BrN3O2. The van der Waals surface area contributed by atoms with Gasteiger partial charge in [0.25, 0.3) is 0 Å². The van der Waals surface area contributed by atoms with Crippen LogP contribution in [0.5, 0.6) is 0 Å². The molecule has 1 aromatic heterocycles. The molecule has 1 saturated heterocycles. The highest BCUT2D eigenvalue weighted by molar-refractivity contribution is 9.10. The van der Waals surface area contributed by atoms with Gasteiger partial charge in [-0.2, -0.15) is 0 Å². The summed E-state index contributed by atoms with van der Waals surface area (Å²) in [7, 11) is 0. The molecule has 2 fully saturated rings. The van der Waals surface area contributed by atoms with Crippen molar-refractivity contribution in [3.05, 3.63) is 22.8 Å². The number of halogens is 1. The van der Waals surface area contributed by atoms with E-state index in [2.05, 4.69) is 31.1 Å². The lowest BCUT2D eigenvalue weighted by Crippen LogP contribution is -2.54. The molecular weight excluding hydrogens is 322 g/mol. The Hall–Kier alpha value is -1.30. The molecule has 1 amide bonds. The Kier molecular flexibility index (Phi) is 3.58. The Labute approximate surface area is 126 Å². The van der Waals surface area contributed by atoms with Gasteiger partial charge in [0.2, 0.25) is 0 Å². The molecule has 20 heavy (non-hydrogen) atoms. The lowest BCUT2D eigenvalue weighted by Gasteiger charge is -2.52. The van der Waals surface area contributed by atoms with Gasteiger partial charge in [-0.3, -0.25) is 0 Å². The smallest absolute Gasteiger partial charge is 0.404 e. The van der Waals surface area contributed by atoms with Crippen LogP contribution >= 0.6 is 15.9 Å². The molecule has 1 spiro atoms. The third-order valence-electron chi connectivity index (χ3n) is 4.55. The number of nitrogens with zero attached hydrogens (tertiary/aromatic N) is 2. The van der Waals surface area contributed by atoms with Crippen LogP contribution < -0.4 is 10.2 Å². The van der Waals surface area contributed by atoms with Crippen LogP contribution in [0, 0.1) is 5.41 Å². The molecule has 6 heteroatoms. The third kappa shape index (κ3) is 2.75. The lowest BCUT2D eigenvalue weighted by molar-refractivity contribution is 0.0529. The van der Waals surface area contributed by atoms with E-state index in [4.69, 9.17) is 5.11 Å². The maximum absolute atomic E-state index is 10.6. The molecule has 3 rings (SSSR count). The number of nitrogens with one attached hydrogen (secondary N) is 1. The van der Waals surface area contributed by atoms with Gasteiger partial charge >= 0.3 is 6.09 Å². The summed E-state index contributed by atoms with van der Waals surface area (Å²) in [5, 5.41) is 11.3. The second kappa shape index (κ2) is 5.24. The second-order valence-electron chi connectivity index (χ2n) is 5.88. The molecule has 0 bridgehead atoms. The van der Waals surface area contributed by atoms with E-state index < -0.39 is 6.09 Å². The number of anilines is 1. The van der Waals surface area contributed by atoms with Crippen molar-refractivity contribution >= 4 is 27.8 Å². The van der Waals surface area contributed by atoms with Crippen LogP contribution in [-0.4, -0.2) is 35.3 Å². The molecule has 0 unspecified atom stereocenters. The molecule has 1 aliphatic carbocycles. The molecule has 5 nitrogen and oxygen atoms in total. The number of aromatic nitrogens is 1. The lowest BCUT2D eigenvalue weighted by atomic mass is 9.60. The summed E-state index contributed by atoms with van der Waals surface area (Å²) < 4.78 is 0.997. The predicted molar refractivity (Wildman–Crippen MR) is 80.0 cm³/mol. The van der Waals surface area contributed by atoms with Crippen molar-refractivity contribution in [2.24, 2.45) is 5.41 Å². The minimum absolute atomic E-state index is 0.157. The molecule has 0 radical (unpaired) electrons. The molecule has 1 aliphatic heterocycles. The number of hydrogen-bond acceptors (Lipinski definition) is 3. The first-order valence-corrected chi connectivity index (χ1v) is 7.72. The zero-order valence-corrected chi connectivity index (χ0v) is 12.8. The maximum Gasteiger partial charge on any atom is 0.404 e. The Morgan fingerprint density at radius 3 is 2.65 bits per heavy atom. The van der Waals surface area contributed by atoms with Gasteiger partial charge < -0.3 is 15.3 Å². The first-order chi connectivity index (χ1) is 9.56. The Morgan fingerprint density at radius 2 is 2.10 bits per heavy atom. The number of piperidine rings is 1. The highest BCUT2D eigenvalue weighted by atomic mass is 79.9. The van der Waals surface area contributed by atoms with Crippen molar-refractivity contribution in [2.45, 2.75) is 31.7 Å². The van der Waals surface area contributed by atoms with E-state index in [-0.39, 0.29) is 6.04 Å². The Balaban J connectivity index is 1.53. The zero-order valence-electron chi connectivity index (χ0n) is 11.2. The summed E-state index contributed by atoms with van der Waals surface area (Å²) in [5.74, 6) is 1.03. The number of amides is 1. The Bertz CT molecular complexity index is 490. The predicted octanol–water partition coefficient (Wildman–Crippen LogP) is 2.86. The van der Waals surface area contributed by atoms with Crippen LogP contribution in [-0.2, 0) is 0 Å². The summed E-state index contributed by atoms with van der Waals surface area (Å²) >= 11 is 3.40. The van der Waals surface area contributed by atoms with Gasteiger partial charge in [-0.05, 0) is 59.2 Å². The van der Waals surface area contributed by atoms with Crippen molar-refractivity contribution in [1.82, 2.24) is 10.3 Å². The van der Waals surface area contributed by atoms with Crippen molar-refractivity contribution in [1.29, 1.82) is 0 Å². The molecule has 108 valence electrons. The van der Waals surface area contributed by atoms with E-state index in [1.54, 1.807) is 0 Å². The van der Waals surface area contributed by atoms with Gasteiger partial charge in [0.1, 0.15) is 5.82 Å². The largest absolute Gasteiger partial charge is 0.465 e. The van der Waals surface area contributed by atoms with E-state index >= 15 is 0 Å². The number of carbonyl (C=O) groups is 1. The van der Waals surface area contributed by atoms with Crippen LogP contribution in [0.3, 0.4) is 0 Å². The average Bonchev–Trinajstić information content (AvgIpc) is 2.38. The summed E-state index contributed by atoms with van der Waals surface area (Å²) in [6.45, 7) is 2.02. The average molecular weight is 340 g/mol. The van der Waals surface area contributed by atoms with Gasteiger partial charge in [-0.25, -0.2) is 9.78 Å². The second-order valence-corrected chi connectivity index (χ2v) is 6.79. The van der Waals surface area contributed by atoms with E-state index in [1.165, 1.54) is 0 Å². The zero-order chi connectivity index (χ0) is 14.2. The third-order valence-corrected chi connectivity index (χ3v) is 5.02. The minimum atomic E-state index is -0.902. The maximum atomic E-state index is 10.6. The van der Waals surface area contributed by atoms with Gasteiger partial charge in [0.05, 0.1) is 0 Å². The number of hydrogen-bond donors (Lipinski definition) is 2. The first kappa shape index (κ1) is 13.7. The van der Waals surface area contributed by atoms with Crippen molar-refractivity contribution < 1.29 is 9.90 Å². The van der Waals surface area contributed by atoms with Gasteiger partial charge in [-0.1, -0.05) is 0 Å². The van der Waals surface area contributed by atoms with Crippen LogP contribution in [0.4, 0.5) is 10.6 Å². The molecule has 0 atom stereocenters. The number of pyridine rings is 1. The summed E-state index contributed by atoms with van der Waals surface area (Å²) in [6.07, 6.45) is 5.16. The molecule has 2 aliphatic rings. The standard InChI is InChI=1S/C14H18BrN3O2/c15-10-1-2-12(16-9-10)18-5-3-14(4-6-18)7-11(8-14)17-13(19)20/h1-2,9,11,17H,3-8H2,(H,19,20). The van der Waals surface area contributed by atoms with E-state index in [1.807, 2.05) is 18.3 Å². The highest BCUT2D eigenvalue weighted by Crippen LogP contribution is 2.49. The summed E-state index contributed by atoms with van der Waals surface area (Å²) in [5.41, 5.74) is 0.360. The first-order valence-electron chi connectivity index (χ1n) is 6.92. The fourth-order valence-corrected chi connectivity index (χ4v) is 3.67. The molecule has 2 N–H and O–H groups in total. The van der Waals surface area contributed by atoms with Crippen LogP contribution in [0.15, 0.2) is 22.8 Å². The molecule has 1 aromatic rings. The SMILES string of the molecule is O=C(O)NC1CC2(CCN(c3ccc(Br)cn3)CC2)C1.